The van der Waals surface area contributed by atoms with Gasteiger partial charge in [-0.05, 0) is 32.3 Å². The van der Waals surface area contributed by atoms with Crippen LogP contribution in [-0.4, -0.2) is 74.8 Å². The van der Waals surface area contributed by atoms with Crippen molar-refractivity contribution in [2.75, 3.05) is 33.7 Å². The van der Waals surface area contributed by atoms with Gasteiger partial charge in [0.1, 0.15) is 18.8 Å². The van der Waals surface area contributed by atoms with Crippen LogP contribution < -0.4 is 14.8 Å². The Morgan fingerprint density at radius 1 is 1.15 bits per heavy atom. The summed E-state index contributed by atoms with van der Waals surface area (Å²) in [5.41, 5.74) is 0.993. The molecule has 1 amide bonds. The molecule has 1 fully saturated rings. The van der Waals surface area contributed by atoms with E-state index in [0.717, 1.165) is 18.4 Å². The van der Waals surface area contributed by atoms with E-state index in [-0.39, 0.29) is 48.8 Å². The van der Waals surface area contributed by atoms with Gasteiger partial charge in [0.15, 0.2) is 17.2 Å². The van der Waals surface area contributed by atoms with Crippen molar-refractivity contribution in [2.45, 2.75) is 64.7 Å². The zero-order chi connectivity index (χ0) is 29.6. The van der Waals surface area contributed by atoms with Gasteiger partial charge in [-0.25, -0.2) is 14.6 Å². The molecule has 0 bridgehead atoms. The van der Waals surface area contributed by atoms with E-state index in [1.165, 1.54) is 19.4 Å². The Hall–Kier alpha value is -3.70. The standard InChI is InChI=1S/C30H40N2O9/c1-5-10-24-22(17-21-11-8-7-9-12-21)20(3)41-30(35)23(14-16-38-24)32-29(34)27-28(25(36-4)13-15-31-27)40-19-39-26(33)18-37-6-2/h7-9,11-13,15,20,22-24H,5-6,10,14,16-19H2,1-4H3,(H,32,34)/t20-,22-,23-,24+/m0/s1. The average molecular weight is 573 g/mol. The van der Waals surface area contributed by atoms with Crippen molar-refractivity contribution in [3.05, 3.63) is 53.9 Å². The molecular formula is C30H40N2O9. The molecule has 1 aromatic heterocycles. The summed E-state index contributed by atoms with van der Waals surface area (Å²) in [4.78, 5) is 42.5. The van der Waals surface area contributed by atoms with E-state index in [9.17, 15) is 14.4 Å². The first kappa shape index (κ1) is 31.8. The van der Waals surface area contributed by atoms with Gasteiger partial charge in [-0.15, -0.1) is 0 Å². The molecule has 1 aliphatic rings. The zero-order valence-corrected chi connectivity index (χ0v) is 24.1. The normalized spacial score (nSPS) is 21.0. The molecule has 1 aliphatic heterocycles. The summed E-state index contributed by atoms with van der Waals surface area (Å²) in [5.74, 6) is -1.76. The highest BCUT2D eigenvalue weighted by Gasteiger charge is 2.35. The maximum atomic E-state index is 13.3. The highest BCUT2D eigenvalue weighted by Crippen LogP contribution is 2.30. The van der Waals surface area contributed by atoms with Crippen LogP contribution in [0.15, 0.2) is 42.6 Å². The number of hydrogen-bond acceptors (Lipinski definition) is 10. The molecule has 2 aromatic rings. The van der Waals surface area contributed by atoms with Gasteiger partial charge in [0.2, 0.25) is 6.79 Å². The van der Waals surface area contributed by atoms with E-state index >= 15 is 0 Å². The molecule has 0 radical (unpaired) electrons. The van der Waals surface area contributed by atoms with Crippen LogP contribution in [0.2, 0.25) is 0 Å². The second-order valence-corrected chi connectivity index (χ2v) is 9.61. The third kappa shape index (κ3) is 9.43. The lowest BCUT2D eigenvalue weighted by Crippen LogP contribution is -2.44. The third-order valence-corrected chi connectivity index (χ3v) is 6.75. The minimum absolute atomic E-state index is 0.0382. The van der Waals surface area contributed by atoms with Crippen molar-refractivity contribution in [2.24, 2.45) is 5.92 Å². The van der Waals surface area contributed by atoms with E-state index in [4.69, 9.17) is 28.4 Å². The molecule has 4 atom stereocenters. The number of aromatic nitrogens is 1. The fourth-order valence-electron chi connectivity index (χ4n) is 4.63. The van der Waals surface area contributed by atoms with Gasteiger partial charge in [-0.3, -0.25) is 4.79 Å². The number of hydrogen-bond donors (Lipinski definition) is 1. The summed E-state index contributed by atoms with van der Waals surface area (Å²) in [5, 5.41) is 2.71. The first-order valence-electron chi connectivity index (χ1n) is 13.9. The number of benzene rings is 1. The van der Waals surface area contributed by atoms with Gasteiger partial charge in [0.25, 0.3) is 5.91 Å². The summed E-state index contributed by atoms with van der Waals surface area (Å²) in [6.07, 6.45) is 3.46. The van der Waals surface area contributed by atoms with E-state index < -0.39 is 36.8 Å². The lowest BCUT2D eigenvalue weighted by Gasteiger charge is -2.31. The fourth-order valence-corrected chi connectivity index (χ4v) is 4.63. The highest BCUT2D eigenvalue weighted by molar-refractivity contribution is 5.98. The Morgan fingerprint density at radius 3 is 2.63 bits per heavy atom. The van der Waals surface area contributed by atoms with Gasteiger partial charge in [-0.2, -0.15) is 0 Å². The molecule has 11 heteroatoms. The number of nitrogens with zero attached hydrogens (tertiary/aromatic N) is 1. The fraction of sp³-hybridized carbons (Fsp3) is 0.533. The van der Waals surface area contributed by atoms with Crippen molar-refractivity contribution in [1.29, 1.82) is 0 Å². The molecule has 1 saturated heterocycles. The smallest absolute Gasteiger partial charge is 0.334 e. The number of methoxy groups -OCH3 is 1. The number of amides is 1. The molecule has 11 nitrogen and oxygen atoms in total. The van der Waals surface area contributed by atoms with Gasteiger partial charge in [-0.1, -0.05) is 43.7 Å². The molecule has 2 heterocycles. The van der Waals surface area contributed by atoms with Gasteiger partial charge in [0, 0.05) is 37.8 Å². The minimum atomic E-state index is -0.979. The minimum Gasteiger partial charge on any atom is -0.493 e. The van der Waals surface area contributed by atoms with Crippen LogP contribution in [0.1, 0.15) is 56.1 Å². The number of nitrogens with one attached hydrogen (secondary N) is 1. The van der Waals surface area contributed by atoms with Crippen LogP contribution in [0, 0.1) is 5.92 Å². The van der Waals surface area contributed by atoms with Crippen molar-refractivity contribution in [3.63, 3.8) is 0 Å². The number of ether oxygens (including phenoxy) is 6. The Labute approximate surface area is 240 Å². The quantitative estimate of drug-likeness (QED) is 0.281. The Balaban J connectivity index is 1.73. The predicted molar refractivity (Wildman–Crippen MR) is 149 cm³/mol. The maximum absolute atomic E-state index is 13.3. The number of pyridine rings is 1. The Kier molecular flexibility index (Phi) is 12.8. The summed E-state index contributed by atoms with van der Waals surface area (Å²) in [6, 6.07) is 10.6. The first-order chi connectivity index (χ1) is 19.9. The number of carbonyl (C=O) groups excluding carboxylic acids is 3. The molecule has 41 heavy (non-hydrogen) atoms. The van der Waals surface area contributed by atoms with Gasteiger partial charge < -0.3 is 33.7 Å². The Morgan fingerprint density at radius 2 is 1.93 bits per heavy atom. The first-order valence-corrected chi connectivity index (χ1v) is 13.9. The van der Waals surface area contributed by atoms with Crippen LogP contribution >= 0.6 is 0 Å². The van der Waals surface area contributed by atoms with Crippen LogP contribution in [0.25, 0.3) is 0 Å². The topological polar surface area (TPSA) is 132 Å². The van der Waals surface area contributed by atoms with Crippen LogP contribution in [0.4, 0.5) is 0 Å². The largest absolute Gasteiger partial charge is 0.493 e. The lowest BCUT2D eigenvalue weighted by molar-refractivity contribution is -0.156. The van der Waals surface area contributed by atoms with E-state index in [1.54, 1.807) is 6.92 Å². The van der Waals surface area contributed by atoms with Crippen molar-refractivity contribution in [1.82, 2.24) is 10.3 Å². The second-order valence-electron chi connectivity index (χ2n) is 9.61. The van der Waals surface area contributed by atoms with E-state index in [0.29, 0.717) is 13.0 Å². The number of carbonyl (C=O) groups is 3. The molecule has 0 saturated carbocycles. The molecule has 0 unspecified atom stereocenters. The lowest BCUT2D eigenvalue weighted by atomic mass is 9.87. The van der Waals surface area contributed by atoms with Crippen LogP contribution in [0.3, 0.4) is 0 Å². The predicted octanol–water partition coefficient (Wildman–Crippen LogP) is 3.48. The average Bonchev–Trinajstić information content (AvgIpc) is 3.02. The Bertz CT molecular complexity index is 1130. The third-order valence-electron chi connectivity index (χ3n) is 6.75. The zero-order valence-electron chi connectivity index (χ0n) is 24.1. The van der Waals surface area contributed by atoms with Crippen LogP contribution in [-0.2, 0) is 35.0 Å². The van der Waals surface area contributed by atoms with Crippen LogP contribution in [0.5, 0.6) is 11.5 Å². The summed E-state index contributed by atoms with van der Waals surface area (Å²) >= 11 is 0. The molecular weight excluding hydrogens is 532 g/mol. The SMILES string of the molecule is CCC[C@H]1OCC[C@H](NC(=O)c2nccc(OC)c2OCOC(=O)COCC)C(=O)O[C@@H](C)[C@@H]1Cc1ccccc1. The monoisotopic (exact) mass is 572 g/mol. The molecule has 1 aromatic carbocycles. The second kappa shape index (κ2) is 16.5. The van der Waals surface area contributed by atoms with Crippen molar-refractivity contribution < 1.29 is 42.8 Å². The molecule has 224 valence electrons. The number of cyclic esters (lactones) is 1. The molecule has 0 spiro atoms. The molecule has 0 aliphatic carbocycles. The van der Waals surface area contributed by atoms with Crippen molar-refractivity contribution >= 4 is 17.8 Å². The van der Waals surface area contributed by atoms with Gasteiger partial charge in [0.05, 0.1) is 13.2 Å². The summed E-state index contributed by atoms with van der Waals surface area (Å²) in [6.45, 7) is 5.60. The van der Waals surface area contributed by atoms with Crippen molar-refractivity contribution in [3.8, 4) is 11.5 Å². The maximum Gasteiger partial charge on any atom is 0.334 e. The highest BCUT2D eigenvalue weighted by atomic mass is 16.7. The molecule has 3 rings (SSSR count). The van der Waals surface area contributed by atoms with E-state index in [1.807, 2.05) is 37.3 Å². The summed E-state index contributed by atoms with van der Waals surface area (Å²) < 4.78 is 33.1. The number of esters is 2. The van der Waals surface area contributed by atoms with E-state index in [2.05, 4.69) is 17.2 Å². The molecule has 1 N–H and O–H groups in total. The van der Waals surface area contributed by atoms with Gasteiger partial charge >= 0.3 is 11.9 Å². The summed E-state index contributed by atoms with van der Waals surface area (Å²) in [7, 11) is 1.40. The number of rotatable bonds is 13.